The minimum atomic E-state index is -4.16. The molecule has 0 aliphatic rings. The first kappa shape index (κ1) is 15.7. The van der Waals surface area contributed by atoms with E-state index in [2.05, 4.69) is 21.0 Å². The van der Waals surface area contributed by atoms with Gasteiger partial charge in [0.15, 0.2) is 16.5 Å². The van der Waals surface area contributed by atoms with E-state index in [0.29, 0.717) is 11.8 Å². The number of nitrogens with zero attached hydrogens (tertiary/aromatic N) is 2. The molecular weight excluding hydrogens is 370 g/mol. The van der Waals surface area contributed by atoms with Crippen molar-refractivity contribution in [3.63, 3.8) is 0 Å². The van der Waals surface area contributed by atoms with Crippen LogP contribution < -0.4 is 10.5 Å². The maximum atomic E-state index is 13.7. The Hall–Kier alpha value is -1.68. The third-order valence-electron chi connectivity index (χ3n) is 2.82. The molecule has 10 heteroatoms. The molecule has 1 aromatic carbocycles. The number of nitrogen functional groups attached to an aromatic ring is 1. The lowest BCUT2D eigenvalue weighted by atomic mass is 10.3. The molecular formula is C11H11BrF2N4O2S. The summed E-state index contributed by atoms with van der Waals surface area (Å²) in [6, 6.07) is 1.52. The first-order valence-electron chi connectivity index (χ1n) is 5.60. The number of hydrogen-bond donors (Lipinski definition) is 2. The molecule has 0 aliphatic heterocycles. The number of aryl methyl sites for hydroxylation is 1. The number of benzene rings is 1. The number of anilines is 2. The topological polar surface area (TPSA) is 90.0 Å². The lowest BCUT2D eigenvalue weighted by Crippen LogP contribution is -2.16. The average Bonchev–Trinajstić information content (AvgIpc) is 2.58. The lowest BCUT2D eigenvalue weighted by Gasteiger charge is -2.11. The zero-order chi connectivity index (χ0) is 15.9. The number of sulfonamides is 1. The molecule has 3 N–H and O–H groups in total. The first-order chi connectivity index (χ1) is 9.63. The fourth-order valence-electron chi connectivity index (χ4n) is 1.77. The third-order valence-corrected chi connectivity index (χ3v) is 4.96. The van der Waals surface area contributed by atoms with E-state index in [1.807, 2.05) is 4.72 Å². The Balaban J connectivity index is 2.53. The van der Waals surface area contributed by atoms with Crippen LogP contribution in [-0.4, -0.2) is 18.2 Å². The summed E-state index contributed by atoms with van der Waals surface area (Å²) in [6.45, 7) is 1.51. The molecule has 0 amide bonds. The van der Waals surface area contributed by atoms with Crippen molar-refractivity contribution in [1.82, 2.24) is 9.78 Å². The highest BCUT2D eigenvalue weighted by molar-refractivity contribution is 9.10. The van der Waals surface area contributed by atoms with Gasteiger partial charge in [0.1, 0.15) is 5.82 Å². The number of rotatable bonds is 3. The monoisotopic (exact) mass is 380 g/mol. The predicted molar refractivity (Wildman–Crippen MR) is 77.2 cm³/mol. The highest BCUT2D eigenvalue weighted by atomic mass is 79.9. The van der Waals surface area contributed by atoms with Gasteiger partial charge in [-0.25, -0.2) is 17.2 Å². The second-order valence-electron chi connectivity index (χ2n) is 4.27. The molecule has 21 heavy (non-hydrogen) atoms. The summed E-state index contributed by atoms with van der Waals surface area (Å²) >= 11 is 2.91. The Bertz CT molecular complexity index is 797. The normalized spacial score (nSPS) is 11.7. The van der Waals surface area contributed by atoms with Crippen LogP contribution in [0.2, 0.25) is 0 Å². The Morgan fingerprint density at radius 2 is 2.00 bits per heavy atom. The SMILES string of the molecule is Cc1c(S(=O)(=O)Nc2c(F)cc(F)cc2Br)c(N)nn1C. The molecule has 0 fully saturated rings. The number of nitrogens with one attached hydrogen (secondary N) is 1. The Morgan fingerprint density at radius 1 is 1.38 bits per heavy atom. The van der Waals surface area contributed by atoms with Gasteiger partial charge in [-0.3, -0.25) is 9.40 Å². The summed E-state index contributed by atoms with van der Waals surface area (Å²) in [4.78, 5) is -0.249. The van der Waals surface area contributed by atoms with E-state index in [-0.39, 0.29) is 15.2 Å². The van der Waals surface area contributed by atoms with Crippen molar-refractivity contribution in [2.24, 2.45) is 7.05 Å². The molecule has 0 saturated carbocycles. The number of hydrogen-bond acceptors (Lipinski definition) is 4. The van der Waals surface area contributed by atoms with Crippen LogP contribution in [0.4, 0.5) is 20.3 Å². The fraction of sp³-hybridized carbons (Fsp3) is 0.182. The molecule has 2 aromatic rings. The van der Waals surface area contributed by atoms with E-state index >= 15 is 0 Å². The van der Waals surface area contributed by atoms with Crippen LogP contribution in [0.5, 0.6) is 0 Å². The summed E-state index contributed by atoms with van der Waals surface area (Å²) in [5.74, 6) is -2.09. The average molecular weight is 381 g/mol. The van der Waals surface area contributed by atoms with Crippen molar-refractivity contribution in [1.29, 1.82) is 0 Å². The maximum absolute atomic E-state index is 13.7. The largest absolute Gasteiger partial charge is 0.381 e. The van der Waals surface area contributed by atoms with E-state index in [0.717, 1.165) is 6.07 Å². The van der Waals surface area contributed by atoms with Crippen molar-refractivity contribution < 1.29 is 17.2 Å². The van der Waals surface area contributed by atoms with E-state index in [1.165, 1.54) is 18.7 Å². The molecule has 0 bridgehead atoms. The van der Waals surface area contributed by atoms with Gasteiger partial charge in [0.25, 0.3) is 10.0 Å². The summed E-state index contributed by atoms with van der Waals surface area (Å²) in [6.07, 6.45) is 0. The number of nitrogens with two attached hydrogens (primary N) is 1. The molecule has 1 heterocycles. The summed E-state index contributed by atoms with van der Waals surface area (Å²) < 4.78 is 54.6. The van der Waals surface area contributed by atoms with Crippen LogP contribution >= 0.6 is 15.9 Å². The van der Waals surface area contributed by atoms with Gasteiger partial charge in [0, 0.05) is 17.6 Å². The van der Waals surface area contributed by atoms with Gasteiger partial charge in [0.2, 0.25) is 0 Å². The Kier molecular flexibility index (Phi) is 3.93. The van der Waals surface area contributed by atoms with Gasteiger partial charge in [-0.2, -0.15) is 5.10 Å². The van der Waals surface area contributed by atoms with Crippen molar-refractivity contribution in [3.8, 4) is 0 Å². The van der Waals surface area contributed by atoms with Gasteiger partial charge in [-0.1, -0.05) is 0 Å². The fourth-order valence-corrected chi connectivity index (χ4v) is 3.83. The second kappa shape index (κ2) is 5.26. The standard InChI is InChI=1S/C11H11BrF2N4O2S/c1-5-10(11(15)16-18(5)2)21(19,20)17-9-7(12)3-6(13)4-8(9)14/h3-4,17H,1-2H3,(H2,15,16). The Morgan fingerprint density at radius 3 is 2.48 bits per heavy atom. The highest BCUT2D eigenvalue weighted by Gasteiger charge is 2.26. The van der Waals surface area contributed by atoms with Crippen LogP contribution in [-0.2, 0) is 17.1 Å². The summed E-state index contributed by atoms with van der Waals surface area (Å²) in [5.41, 5.74) is 5.45. The molecule has 0 spiro atoms. The molecule has 2 rings (SSSR count). The van der Waals surface area contributed by atoms with Crippen LogP contribution in [0.1, 0.15) is 5.69 Å². The van der Waals surface area contributed by atoms with Crippen LogP contribution in [0.3, 0.4) is 0 Å². The number of halogens is 3. The minimum absolute atomic E-state index is 0.0660. The molecule has 0 atom stereocenters. The van der Waals surface area contributed by atoms with Gasteiger partial charge < -0.3 is 5.73 Å². The molecule has 0 radical (unpaired) electrons. The van der Waals surface area contributed by atoms with E-state index < -0.39 is 27.3 Å². The first-order valence-corrected chi connectivity index (χ1v) is 7.87. The van der Waals surface area contributed by atoms with Crippen molar-refractivity contribution in [2.45, 2.75) is 11.8 Å². The summed E-state index contributed by atoms with van der Waals surface area (Å²) in [5, 5.41) is 3.79. The second-order valence-corrected chi connectivity index (χ2v) is 6.75. The van der Waals surface area contributed by atoms with E-state index in [4.69, 9.17) is 5.73 Å². The van der Waals surface area contributed by atoms with Gasteiger partial charge >= 0.3 is 0 Å². The van der Waals surface area contributed by atoms with Crippen molar-refractivity contribution >= 4 is 37.5 Å². The molecule has 1 aromatic heterocycles. The third kappa shape index (κ3) is 2.86. The predicted octanol–water partition coefficient (Wildman–Crippen LogP) is 2.15. The highest BCUT2D eigenvalue weighted by Crippen LogP contribution is 2.31. The van der Waals surface area contributed by atoms with E-state index in [9.17, 15) is 17.2 Å². The molecule has 0 saturated heterocycles. The quantitative estimate of drug-likeness (QED) is 0.853. The molecule has 114 valence electrons. The van der Waals surface area contributed by atoms with Gasteiger partial charge in [-0.05, 0) is 28.9 Å². The number of aromatic nitrogens is 2. The van der Waals surface area contributed by atoms with Crippen molar-refractivity contribution in [3.05, 3.63) is 33.9 Å². The van der Waals surface area contributed by atoms with E-state index in [1.54, 1.807) is 0 Å². The summed E-state index contributed by atoms with van der Waals surface area (Å²) in [7, 11) is -2.64. The van der Waals surface area contributed by atoms with Crippen LogP contribution in [0, 0.1) is 18.6 Å². The van der Waals surface area contributed by atoms with Crippen molar-refractivity contribution in [2.75, 3.05) is 10.5 Å². The zero-order valence-corrected chi connectivity index (χ0v) is 13.4. The van der Waals surface area contributed by atoms with Gasteiger partial charge in [0.05, 0.1) is 11.4 Å². The minimum Gasteiger partial charge on any atom is -0.381 e. The van der Waals surface area contributed by atoms with Crippen LogP contribution in [0.15, 0.2) is 21.5 Å². The molecule has 0 unspecified atom stereocenters. The molecule has 0 aliphatic carbocycles. The maximum Gasteiger partial charge on any atom is 0.267 e. The zero-order valence-electron chi connectivity index (χ0n) is 11.0. The van der Waals surface area contributed by atoms with Crippen LogP contribution in [0.25, 0.3) is 0 Å². The Labute approximate surface area is 128 Å². The van der Waals surface area contributed by atoms with Gasteiger partial charge in [-0.15, -0.1) is 0 Å². The molecule has 6 nitrogen and oxygen atoms in total. The lowest BCUT2D eigenvalue weighted by molar-refractivity contribution is 0.581. The smallest absolute Gasteiger partial charge is 0.267 e.